The molecule has 0 atom stereocenters. The van der Waals surface area contributed by atoms with Crippen molar-refractivity contribution in [1.82, 2.24) is 5.43 Å². The third kappa shape index (κ3) is 3.19. The Morgan fingerprint density at radius 1 is 1.28 bits per heavy atom. The van der Waals surface area contributed by atoms with Crippen molar-refractivity contribution < 1.29 is 4.79 Å². The molecule has 96 valence electrons. The van der Waals surface area contributed by atoms with E-state index in [1.54, 1.807) is 0 Å². The number of hydrazone groups is 1. The lowest BCUT2D eigenvalue weighted by molar-refractivity contribution is -0.122. The molecule has 1 aromatic carbocycles. The van der Waals surface area contributed by atoms with Gasteiger partial charge in [-0.2, -0.15) is 5.10 Å². The Morgan fingerprint density at radius 2 is 1.89 bits per heavy atom. The average molecular weight is 244 g/mol. The molecule has 3 nitrogen and oxygen atoms in total. The molecule has 0 saturated heterocycles. The molecule has 0 unspecified atom stereocenters. The molecule has 0 bridgehead atoms. The van der Waals surface area contributed by atoms with Gasteiger partial charge in [0.05, 0.1) is 5.71 Å². The van der Waals surface area contributed by atoms with Crippen LogP contribution in [0.2, 0.25) is 0 Å². The summed E-state index contributed by atoms with van der Waals surface area (Å²) in [5, 5.41) is 4.15. The maximum absolute atomic E-state index is 11.5. The van der Waals surface area contributed by atoms with Gasteiger partial charge in [-0.25, -0.2) is 5.43 Å². The van der Waals surface area contributed by atoms with Crippen LogP contribution in [0.5, 0.6) is 0 Å². The van der Waals surface area contributed by atoms with Crippen molar-refractivity contribution in [2.75, 3.05) is 0 Å². The Balaban J connectivity index is 2.00. The highest BCUT2D eigenvalue weighted by atomic mass is 16.2. The molecule has 1 N–H and O–H groups in total. The second-order valence-electron chi connectivity index (χ2n) is 5.22. The summed E-state index contributed by atoms with van der Waals surface area (Å²) in [5.41, 5.74) is 5.84. The number of benzene rings is 1. The lowest BCUT2D eigenvalue weighted by Gasteiger charge is -2.07. The first-order valence-electron chi connectivity index (χ1n) is 6.52. The van der Waals surface area contributed by atoms with Crippen LogP contribution < -0.4 is 5.43 Å². The van der Waals surface area contributed by atoms with Crippen LogP contribution >= 0.6 is 0 Å². The fourth-order valence-electron chi connectivity index (χ4n) is 1.75. The van der Waals surface area contributed by atoms with Crippen molar-refractivity contribution in [2.24, 2.45) is 11.0 Å². The van der Waals surface area contributed by atoms with Crippen LogP contribution in [0.25, 0.3) is 0 Å². The summed E-state index contributed by atoms with van der Waals surface area (Å²) in [4.78, 5) is 11.5. The maximum atomic E-state index is 11.5. The average Bonchev–Trinajstić information content (AvgIpc) is 3.20. The fourth-order valence-corrected chi connectivity index (χ4v) is 1.75. The van der Waals surface area contributed by atoms with E-state index in [2.05, 4.69) is 48.6 Å². The van der Waals surface area contributed by atoms with E-state index < -0.39 is 0 Å². The van der Waals surface area contributed by atoms with E-state index in [0.29, 0.717) is 5.92 Å². The number of amides is 1. The number of rotatable bonds is 4. The molecule has 3 heteroatoms. The van der Waals surface area contributed by atoms with E-state index in [0.717, 1.165) is 24.1 Å². The van der Waals surface area contributed by atoms with Crippen LogP contribution in [0.3, 0.4) is 0 Å². The summed E-state index contributed by atoms with van der Waals surface area (Å²) in [7, 11) is 0. The molecule has 0 spiro atoms. The third-order valence-electron chi connectivity index (χ3n) is 3.28. The molecular weight excluding hydrogens is 224 g/mol. The van der Waals surface area contributed by atoms with Crippen molar-refractivity contribution in [1.29, 1.82) is 0 Å². The summed E-state index contributed by atoms with van der Waals surface area (Å²) in [6.07, 6.45) is 2.01. The van der Waals surface area contributed by atoms with E-state index in [-0.39, 0.29) is 11.8 Å². The molecule has 2 rings (SSSR count). The lowest BCUT2D eigenvalue weighted by Crippen LogP contribution is -2.20. The standard InChI is InChI=1S/C15H20N2O/c1-10(2)12-4-6-13(7-5-12)11(3)16-17-15(18)14-8-9-14/h4-7,10,14H,8-9H2,1-3H3,(H,17,18)/b16-11-. The Kier molecular flexibility index (Phi) is 3.80. The summed E-state index contributed by atoms with van der Waals surface area (Å²) in [5.74, 6) is 0.781. The van der Waals surface area contributed by atoms with Gasteiger partial charge in [0.1, 0.15) is 0 Å². The Morgan fingerprint density at radius 3 is 2.39 bits per heavy atom. The number of carbonyl (C=O) groups excluding carboxylic acids is 1. The fraction of sp³-hybridized carbons (Fsp3) is 0.467. The van der Waals surface area contributed by atoms with Gasteiger partial charge in [-0.1, -0.05) is 38.1 Å². The van der Waals surface area contributed by atoms with Crippen LogP contribution in [0, 0.1) is 5.92 Å². The molecule has 0 heterocycles. The first-order valence-corrected chi connectivity index (χ1v) is 6.52. The van der Waals surface area contributed by atoms with Gasteiger partial charge in [0, 0.05) is 5.92 Å². The van der Waals surface area contributed by atoms with E-state index in [9.17, 15) is 4.79 Å². The topological polar surface area (TPSA) is 41.5 Å². The highest BCUT2D eigenvalue weighted by Crippen LogP contribution is 2.28. The summed E-state index contributed by atoms with van der Waals surface area (Å²) in [6.45, 7) is 6.26. The number of hydrogen-bond acceptors (Lipinski definition) is 2. The lowest BCUT2D eigenvalue weighted by atomic mass is 10.0. The minimum Gasteiger partial charge on any atom is -0.273 e. The first kappa shape index (κ1) is 12.8. The van der Waals surface area contributed by atoms with E-state index in [4.69, 9.17) is 0 Å². The predicted molar refractivity (Wildman–Crippen MR) is 73.6 cm³/mol. The van der Waals surface area contributed by atoms with Gasteiger partial charge in [-0.3, -0.25) is 4.79 Å². The van der Waals surface area contributed by atoms with Crippen LogP contribution in [-0.4, -0.2) is 11.6 Å². The smallest absolute Gasteiger partial charge is 0.243 e. The van der Waals surface area contributed by atoms with Crippen molar-refractivity contribution in [3.8, 4) is 0 Å². The van der Waals surface area contributed by atoms with Crippen LogP contribution in [0.1, 0.15) is 50.7 Å². The van der Waals surface area contributed by atoms with Gasteiger partial charge >= 0.3 is 0 Å². The molecule has 18 heavy (non-hydrogen) atoms. The normalized spacial score (nSPS) is 15.9. The SMILES string of the molecule is C/C(=N/NC(=O)C1CC1)c1ccc(C(C)C)cc1. The second kappa shape index (κ2) is 5.34. The van der Waals surface area contributed by atoms with Crippen molar-refractivity contribution >= 4 is 11.6 Å². The molecule has 1 amide bonds. The van der Waals surface area contributed by atoms with Crippen molar-refractivity contribution in [3.63, 3.8) is 0 Å². The minimum absolute atomic E-state index is 0.0492. The van der Waals surface area contributed by atoms with E-state index in [1.807, 2.05) is 6.92 Å². The van der Waals surface area contributed by atoms with E-state index in [1.165, 1.54) is 5.56 Å². The summed E-state index contributed by atoms with van der Waals surface area (Å²) < 4.78 is 0. The van der Waals surface area contributed by atoms with Crippen molar-refractivity contribution in [2.45, 2.75) is 39.5 Å². The molecule has 1 aliphatic carbocycles. The van der Waals surface area contributed by atoms with Gasteiger partial charge in [0.2, 0.25) is 5.91 Å². The molecule has 1 aliphatic rings. The van der Waals surface area contributed by atoms with Crippen LogP contribution in [0.4, 0.5) is 0 Å². The molecule has 0 radical (unpaired) electrons. The largest absolute Gasteiger partial charge is 0.273 e. The van der Waals surface area contributed by atoms with Crippen LogP contribution in [-0.2, 0) is 4.79 Å². The second-order valence-corrected chi connectivity index (χ2v) is 5.22. The Bertz CT molecular complexity index is 456. The molecule has 0 aromatic heterocycles. The predicted octanol–water partition coefficient (Wildman–Crippen LogP) is 3.06. The molecule has 0 aliphatic heterocycles. The van der Waals surface area contributed by atoms with Gasteiger partial charge in [-0.05, 0) is 36.8 Å². The van der Waals surface area contributed by atoms with Gasteiger partial charge in [-0.15, -0.1) is 0 Å². The Labute approximate surface area is 108 Å². The van der Waals surface area contributed by atoms with Crippen LogP contribution in [0.15, 0.2) is 29.4 Å². The summed E-state index contributed by atoms with van der Waals surface area (Å²) in [6, 6.07) is 8.33. The number of nitrogens with zero attached hydrogens (tertiary/aromatic N) is 1. The molecule has 1 saturated carbocycles. The quantitative estimate of drug-likeness (QED) is 0.642. The first-order chi connectivity index (χ1) is 8.58. The highest BCUT2D eigenvalue weighted by molar-refractivity contribution is 5.99. The molecule has 1 aromatic rings. The molecule has 1 fully saturated rings. The van der Waals surface area contributed by atoms with E-state index >= 15 is 0 Å². The monoisotopic (exact) mass is 244 g/mol. The third-order valence-corrected chi connectivity index (χ3v) is 3.28. The summed E-state index contributed by atoms with van der Waals surface area (Å²) >= 11 is 0. The highest BCUT2D eigenvalue weighted by Gasteiger charge is 2.29. The Hall–Kier alpha value is -1.64. The van der Waals surface area contributed by atoms with Gasteiger partial charge in [0.25, 0.3) is 0 Å². The zero-order valence-electron chi connectivity index (χ0n) is 11.2. The van der Waals surface area contributed by atoms with Crippen molar-refractivity contribution in [3.05, 3.63) is 35.4 Å². The number of hydrogen-bond donors (Lipinski definition) is 1. The minimum atomic E-state index is 0.0492. The van der Waals surface area contributed by atoms with Gasteiger partial charge in [0.15, 0.2) is 0 Å². The molecular formula is C15H20N2O. The zero-order valence-corrected chi connectivity index (χ0v) is 11.2. The zero-order chi connectivity index (χ0) is 13.1. The van der Waals surface area contributed by atoms with Gasteiger partial charge < -0.3 is 0 Å². The number of nitrogens with one attached hydrogen (secondary N) is 1. The maximum Gasteiger partial charge on any atom is 0.243 e. The number of carbonyl (C=O) groups is 1.